The molecule has 90 valence electrons. The molecule has 3 nitrogen and oxygen atoms in total. The molecule has 3 heteroatoms. The standard InChI is InChI=1S/C13H22N2O/c1-3-4-9-16-10-8-15(2)13-7-5-6-12(14)11-13/h5-7,11H,3-4,8-10,14H2,1-2H3. The quantitative estimate of drug-likeness (QED) is 0.569. The number of hydrogen-bond donors (Lipinski definition) is 1. The van der Waals surface area contributed by atoms with Gasteiger partial charge in [-0.15, -0.1) is 0 Å². The predicted octanol–water partition coefficient (Wildman–Crippen LogP) is 2.52. The van der Waals surface area contributed by atoms with E-state index in [9.17, 15) is 0 Å². The Labute approximate surface area is 98.2 Å². The second kappa shape index (κ2) is 7.12. The van der Waals surface area contributed by atoms with Crippen molar-refractivity contribution in [2.45, 2.75) is 19.8 Å². The molecule has 1 aromatic rings. The van der Waals surface area contributed by atoms with E-state index in [1.807, 2.05) is 18.2 Å². The number of ether oxygens (including phenoxy) is 1. The van der Waals surface area contributed by atoms with Gasteiger partial charge in [0, 0.05) is 31.6 Å². The van der Waals surface area contributed by atoms with Crippen LogP contribution in [0, 0.1) is 0 Å². The monoisotopic (exact) mass is 222 g/mol. The summed E-state index contributed by atoms with van der Waals surface area (Å²) in [6, 6.07) is 7.91. The summed E-state index contributed by atoms with van der Waals surface area (Å²) in [5, 5.41) is 0. The SMILES string of the molecule is CCCCOCCN(C)c1cccc(N)c1. The summed E-state index contributed by atoms with van der Waals surface area (Å²) >= 11 is 0. The molecule has 0 heterocycles. The van der Waals surface area contributed by atoms with Crippen molar-refractivity contribution in [2.75, 3.05) is 37.4 Å². The van der Waals surface area contributed by atoms with Gasteiger partial charge in [0.25, 0.3) is 0 Å². The van der Waals surface area contributed by atoms with E-state index in [1.54, 1.807) is 0 Å². The average molecular weight is 222 g/mol. The van der Waals surface area contributed by atoms with Crippen LogP contribution in [0.5, 0.6) is 0 Å². The van der Waals surface area contributed by atoms with Gasteiger partial charge in [0.2, 0.25) is 0 Å². The lowest BCUT2D eigenvalue weighted by molar-refractivity contribution is 0.138. The highest BCUT2D eigenvalue weighted by Gasteiger charge is 2.00. The molecule has 0 aliphatic heterocycles. The van der Waals surface area contributed by atoms with Crippen LogP contribution in [-0.4, -0.2) is 26.8 Å². The van der Waals surface area contributed by atoms with Crippen molar-refractivity contribution in [2.24, 2.45) is 0 Å². The Hall–Kier alpha value is -1.22. The average Bonchev–Trinajstić information content (AvgIpc) is 2.28. The lowest BCUT2D eigenvalue weighted by Crippen LogP contribution is -2.22. The molecule has 0 spiro atoms. The first-order chi connectivity index (χ1) is 7.74. The van der Waals surface area contributed by atoms with E-state index >= 15 is 0 Å². The minimum absolute atomic E-state index is 0.769. The maximum Gasteiger partial charge on any atom is 0.0641 e. The Morgan fingerprint density at radius 3 is 2.81 bits per heavy atom. The van der Waals surface area contributed by atoms with Crippen LogP contribution in [0.2, 0.25) is 0 Å². The van der Waals surface area contributed by atoms with Crippen molar-refractivity contribution in [3.63, 3.8) is 0 Å². The second-order valence-corrected chi connectivity index (χ2v) is 3.98. The molecule has 0 saturated carbocycles. The number of hydrogen-bond acceptors (Lipinski definition) is 3. The summed E-state index contributed by atoms with van der Waals surface area (Å²) in [5.74, 6) is 0. The summed E-state index contributed by atoms with van der Waals surface area (Å²) in [4.78, 5) is 2.16. The number of anilines is 2. The maximum atomic E-state index is 5.73. The molecule has 0 aliphatic carbocycles. The minimum atomic E-state index is 0.769. The number of unbranched alkanes of at least 4 members (excludes halogenated alkanes) is 1. The molecule has 0 aromatic heterocycles. The molecule has 0 radical (unpaired) electrons. The van der Waals surface area contributed by atoms with Crippen molar-refractivity contribution in [3.8, 4) is 0 Å². The second-order valence-electron chi connectivity index (χ2n) is 3.98. The van der Waals surface area contributed by atoms with E-state index in [4.69, 9.17) is 10.5 Å². The van der Waals surface area contributed by atoms with E-state index in [1.165, 1.54) is 6.42 Å². The lowest BCUT2D eigenvalue weighted by Gasteiger charge is -2.19. The van der Waals surface area contributed by atoms with Gasteiger partial charge in [-0.25, -0.2) is 0 Å². The first-order valence-corrected chi connectivity index (χ1v) is 5.88. The first-order valence-electron chi connectivity index (χ1n) is 5.88. The zero-order valence-electron chi connectivity index (χ0n) is 10.3. The van der Waals surface area contributed by atoms with E-state index < -0.39 is 0 Å². The summed E-state index contributed by atoms with van der Waals surface area (Å²) < 4.78 is 5.52. The van der Waals surface area contributed by atoms with E-state index in [0.29, 0.717) is 0 Å². The van der Waals surface area contributed by atoms with Gasteiger partial charge >= 0.3 is 0 Å². The predicted molar refractivity (Wildman–Crippen MR) is 69.9 cm³/mol. The molecule has 0 atom stereocenters. The van der Waals surface area contributed by atoms with Crippen LogP contribution in [0.4, 0.5) is 11.4 Å². The number of rotatable bonds is 7. The smallest absolute Gasteiger partial charge is 0.0641 e. The molecule has 0 amide bonds. The molecular formula is C13H22N2O. The molecule has 0 fully saturated rings. The highest BCUT2D eigenvalue weighted by Crippen LogP contribution is 2.15. The van der Waals surface area contributed by atoms with Crippen molar-refractivity contribution in [1.29, 1.82) is 0 Å². The van der Waals surface area contributed by atoms with Crippen LogP contribution in [0.1, 0.15) is 19.8 Å². The number of nitrogens with zero attached hydrogens (tertiary/aromatic N) is 1. The Morgan fingerprint density at radius 2 is 2.12 bits per heavy atom. The number of nitrogens with two attached hydrogens (primary N) is 1. The van der Waals surface area contributed by atoms with Gasteiger partial charge in [0.05, 0.1) is 6.61 Å². The van der Waals surface area contributed by atoms with Crippen LogP contribution in [0.15, 0.2) is 24.3 Å². The molecule has 1 aromatic carbocycles. The van der Waals surface area contributed by atoms with Crippen molar-refractivity contribution in [1.82, 2.24) is 0 Å². The Kier molecular flexibility index (Phi) is 5.72. The molecule has 1 rings (SSSR count). The third-order valence-corrected chi connectivity index (χ3v) is 2.52. The molecule has 0 saturated heterocycles. The first kappa shape index (κ1) is 12.8. The lowest BCUT2D eigenvalue weighted by atomic mass is 10.2. The Bertz CT molecular complexity index is 302. The summed E-state index contributed by atoms with van der Waals surface area (Å²) in [6.45, 7) is 4.70. The highest BCUT2D eigenvalue weighted by atomic mass is 16.5. The summed E-state index contributed by atoms with van der Waals surface area (Å²) in [7, 11) is 2.05. The van der Waals surface area contributed by atoms with E-state index in [2.05, 4.69) is 24.9 Å². The topological polar surface area (TPSA) is 38.5 Å². The van der Waals surface area contributed by atoms with Gasteiger partial charge in [-0.3, -0.25) is 0 Å². The van der Waals surface area contributed by atoms with Gasteiger partial charge in [0.1, 0.15) is 0 Å². The van der Waals surface area contributed by atoms with E-state index in [-0.39, 0.29) is 0 Å². The normalized spacial score (nSPS) is 10.4. The Balaban J connectivity index is 2.27. The fourth-order valence-electron chi connectivity index (χ4n) is 1.44. The summed E-state index contributed by atoms with van der Waals surface area (Å²) in [5.41, 5.74) is 7.67. The third-order valence-electron chi connectivity index (χ3n) is 2.52. The third kappa shape index (κ3) is 4.53. The van der Waals surface area contributed by atoms with Crippen molar-refractivity contribution in [3.05, 3.63) is 24.3 Å². The van der Waals surface area contributed by atoms with Crippen molar-refractivity contribution < 1.29 is 4.74 Å². The minimum Gasteiger partial charge on any atom is -0.399 e. The fourth-order valence-corrected chi connectivity index (χ4v) is 1.44. The van der Waals surface area contributed by atoms with Gasteiger partial charge in [-0.1, -0.05) is 19.4 Å². The zero-order valence-corrected chi connectivity index (χ0v) is 10.3. The fraction of sp³-hybridized carbons (Fsp3) is 0.538. The zero-order chi connectivity index (χ0) is 11.8. The van der Waals surface area contributed by atoms with Gasteiger partial charge in [-0.05, 0) is 24.6 Å². The highest BCUT2D eigenvalue weighted by molar-refractivity contribution is 5.55. The maximum absolute atomic E-state index is 5.73. The molecule has 2 N–H and O–H groups in total. The Morgan fingerprint density at radius 1 is 1.31 bits per heavy atom. The molecular weight excluding hydrogens is 200 g/mol. The largest absolute Gasteiger partial charge is 0.399 e. The molecule has 16 heavy (non-hydrogen) atoms. The van der Waals surface area contributed by atoms with Gasteiger partial charge in [-0.2, -0.15) is 0 Å². The number of nitrogen functional groups attached to an aromatic ring is 1. The van der Waals surface area contributed by atoms with Crippen LogP contribution in [0.25, 0.3) is 0 Å². The molecule has 0 aliphatic rings. The number of likely N-dealkylation sites (N-methyl/N-ethyl adjacent to an activating group) is 1. The molecule has 0 bridgehead atoms. The van der Waals surface area contributed by atoms with Crippen LogP contribution in [-0.2, 0) is 4.74 Å². The molecule has 0 unspecified atom stereocenters. The van der Waals surface area contributed by atoms with Crippen LogP contribution < -0.4 is 10.6 Å². The van der Waals surface area contributed by atoms with Crippen LogP contribution >= 0.6 is 0 Å². The van der Waals surface area contributed by atoms with Crippen molar-refractivity contribution >= 4 is 11.4 Å². The summed E-state index contributed by atoms with van der Waals surface area (Å²) in [6.07, 6.45) is 2.33. The van der Waals surface area contributed by atoms with Crippen LogP contribution in [0.3, 0.4) is 0 Å². The number of benzene rings is 1. The van der Waals surface area contributed by atoms with Gasteiger partial charge in [0.15, 0.2) is 0 Å². The van der Waals surface area contributed by atoms with Gasteiger partial charge < -0.3 is 15.4 Å². The van der Waals surface area contributed by atoms with E-state index in [0.717, 1.165) is 37.6 Å².